The molecule has 2 aromatic rings. The zero-order valence-electron chi connectivity index (χ0n) is 9.41. The van der Waals surface area contributed by atoms with Crippen LogP contribution in [0.2, 0.25) is 0 Å². The van der Waals surface area contributed by atoms with Crippen LogP contribution in [-0.2, 0) is 6.42 Å². The topological polar surface area (TPSA) is 20.2 Å². The first-order valence-electron chi connectivity index (χ1n) is 5.45. The van der Waals surface area contributed by atoms with E-state index in [9.17, 15) is 18.3 Å². The maximum Gasteiger partial charge on any atom is 0.164 e. The summed E-state index contributed by atoms with van der Waals surface area (Å²) in [7, 11) is 0. The van der Waals surface area contributed by atoms with Crippen LogP contribution < -0.4 is 0 Å². The van der Waals surface area contributed by atoms with Crippen LogP contribution in [0.25, 0.3) is 0 Å². The van der Waals surface area contributed by atoms with Crippen molar-refractivity contribution in [2.45, 2.75) is 12.5 Å². The predicted molar refractivity (Wildman–Crippen MR) is 61.4 cm³/mol. The average molecular weight is 252 g/mol. The van der Waals surface area contributed by atoms with Gasteiger partial charge in [0, 0.05) is 12.0 Å². The standard InChI is InChI=1S/C14H11F3O/c15-11-6-2-1-4-9(11)8-13(18)10-5-3-7-12(16)14(10)17/h1-7,13,18H,8H2. The van der Waals surface area contributed by atoms with E-state index in [1.165, 1.54) is 30.3 Å². The highest BCUT2D eigenvalue weighted by Crippen LogP contribution is 2.23. The summed E-state index contributed by atoms with van der Waals surface area (Å²) in [5.41, 5.74) is 0.0897. The zero-order chi connectivity index (χ0) is 13.1. The number of hydrogen-bond acceptors (Lipinski definition) is 1. The minimum Gasteiger partial charge on any atom is -0.388 e. The molecule has 0 heterocycles. The maximum atomic E-state index is 13.4. The zero-order valence-corrected chi connectivity index (χ0v) is 9.41. The molecule has 1 unspecified atom stereocenters. The van der Waals surface area contributed by atoms with Crippen molar-refractivity contribution in [3.63, 3.8) is 0 Å². The average Bonchev–Trinajstić information content (AvgIpc) is 2.35. The van der Waals surface area contributed by atoms with E-state index in [-0.39, 0.29) is 17.5 Å². The van der Waals surface area contributed by atoms with Gasteiger partial charge in [-0.05, 0) is 17.7 Å². The van der Waals surface area contributed by atoms with Gasteiger partial charge in [0.15, 0.2) is 11.6 Å². The van der Waals surface area contributed by atoms with Crippen molar-refractivity contribution in [3.05, 3.63) is 71.0 Å². The summed E-state index contributed by atoms with van der Waals surface area (Å²) in [4.78, 5) is 0. The highest BCUT2D eigenvalue weighted by atomic mass is 19.2. The molecule has 0 saturated heterocycles. The molecule has 1 nitrogen and oxygen atoms in total. The lowest BCUT2D eigenvalue weighted by atomic mass is 10.0. The van der Waals surface area contributed by atoms with Gasteiger partial charge in [-0.1, -0.05) is 30.3 Å². The molecule has 0 aliphatic heterocycles. The van der Waals surface area contributed by atoms with E-state index < -0.39 is 23.6 Å². The molecule has 0 fully saturated rings. The molecule has 0 saturated carbocycles. The fraction of sp³-hybridized carbons (Fsp3) is 0.143. The van der Waals surface area contributed by atoms with E-state index >= 15 is 0 Å². The fourth-order valence-electron chi connectivity index (χ4n) is 1.76. The molecule has 0 spiro atoms. The molecule has 1 atom stereocenters. The normalized spacial score (nSPS) is 12.4. The van der Waals surface area contributed by atoms with Crippen LogP contribution in [0, 0.1) is 17.5 Å². The summed E-state index contributed by atoms with van der Waals surface area (Å²) in [6.07, 6.45) is -1.38. The highest BCUT2D eigenvalue weighted by molar-refractivity contribution is 5.25. The summed E-state index contributed by atoms with van der Waals surface area (Å²) in [5, 5.41) is 9.83. The second-order valence-electron chi connectivity index (χ2n) is 3.95. The number of rotatable bonds is 3. The largest absolute Gasteiger partial charge is 0.388 e. The lowest BCUT2D eigenvalue weighted by molar-refractivity contribution is 0.171. The molecule has 0 amide bonds. The Bertz CT molecular complexity index is 554. The van der Waals surface area contributed by atoms with Gasteiger partial charge >= 0.3 is 0 Å². The van der Waals surface area contributed by atoms with Crippen molar-refractivity contribution in [2.24, 2.45) is 0 Å². The molecule has 94 valence electrons. The van der Waals surface area contributed by atoms with Crippen LogP contribution in [0.1, 0.15) is 17.2 Å². The Balaban J connectivity index is 2.25. The minimum atomic E-state index is -1.28. The Hall–Kier alpha value is -1.81. The van der Waals surface area contributed by atoms with Crippen molar-refractivity contribution in [1.82, 2.24) is 0 Å². The molecule has 0 radical (unpaired) electrons. The summed E-state index contributed by atoms with van der Waals surface area (Å²) in [5.74, 6) is -2.60. The van der Waals surface area contributed by atoms with Crippen molar-refractivity contribution in [2.75, 3.05) is 0 Å². The Morgan fingerprint density at radius 3 is 2.28 bits per heavy atom. The van der Waals surface area contributed by atoms with Crippen LogP contribution in [0.4, 0.5) is 13.2 Å². The Labute approximate surface area is 103 Å². The van der Waals surface area contributed by atoms with Gasteiger partial charge in [0.25, 0.3) is 0 Å². The molecule has 0 aliphatic carbocycles. The molecule has 18 heavy (non-hydrogen) atoms. The maximum absolute atomic E-state index is 13.4. The minimum absolute atomic E-state index is 0.104. The van der Waals surface area contributed by atoms with Gasteiger partial charge in [0.1, 0.15) is 5.82 Å². The molecule has 0 aliphatic rings. The molecule has 2 aromatic carbocycles. The number of halogens is 3. The lowest BCUT2D eigenvalue weighted by Gasteiger charge is -2.12. The van der Waals surface area contributed by atoms with E-state index in [2.05, 4.69) is 0 Å². The molecule has 0 bridgehead atoms. The summed E-state index contributed by atoms with van der Waals surface area (Å²) in [6.45, 7) is 0. The Kier molecular flexibility index (Phi) is 3.67. The third-order valence-electron chi connectivity index (χ3n) is 2.71. The third kappa shape index (κ3) is 2.54. The van der Waals surface area contributed by atoms with Gasteiger partial charge in [-0.15, -0.1) is 0 Å². The highest BCUT2D eigenvalue weighted by Gasteiger charge is 2.17. The van der Waals surface area contributed by atoms with Crippen molar-refractivity contribution in [1.29, 1.82) is 0 Å². The van der Waals surface area contributed by atoms with Crippen LogP contribution in [0.3, 0.4) is 0 Å². The number of aliphatic hydroxyl groups is 1. The molecule has 4 heteroatoms. The van der Waals surface area contributed by atoms with Gasteiger partial charge in [0.05, 0.1) is 6.10 Å². The quantitative estimate of drug-likeness (QED) is 0.887. The molecular weight excluding hydrogens is 241 g/mol. The lowest BCUT2D eigenvalue weighted by Crippen LogP contribution is -2.06. The molecule has 2 rings (SSSR count). The molecule has 0 aromatic heterocycles. The number of hydrogen-bond donors (Lipinski definition) is 1. The number of benzene rings is 2. The smallest absolute Gasteiger partial charge is 0.164 e. The third-order valence-corrected chi connectivity index (χ3v) is 2.71. The van der Waals surface area contributed by atoms with Gasteiger partial charge in [-0.2, -0.15) is 0 Å². The van der Waals surface area contributed by atoms with Crippen LogP contribution >= 0.6 is 0 Å². The fourth-order valence-corrected chi connectivity index (χ4v) is 1.76. The molecular formula is C14H11F3O. The Morgan fingerprint density at radius 2 is 1.56 bits per heavy atom. The van der Waals surface area contributed by atoms with Crippen molar-refractivity contribution < 1.29 is 18.3 Å². The Morgan fingerprint density at radius 1 is 0.889 bits per heavy atom. The first-order chi connectivity index (χ1) is 8.59. The van der Waals surface area contributed by atoms with E-state index in [1.807, 2.05) is 0 Å². The van der Waals surface area contributed by atoms with E-state index in [0.717, 1.165) is 6.07 Å². The van der Waals surface area contributed by atoms with Gasteiger partial charge in [-0.25, -0.2) is 13.2 Å². The summed E-state index contributed by atoms with van der Waals surface area (Å²) >= 11 is 0. The van der Waals surface area contributed by atoms with Gasteiger partial charge in [-0.3, -0.25) is 0 Å². The predicted octanol–water partition coefficient (Wildman–Crippen LogP) is 3.38. The van der Waals surface area contributed by atoms with Gasteiger partial charge < -0.3 is 5.11 Å². The first-order valence-corrected chi connectivity index (χ1v) is 5.45. The number of aliphatic hydroxyl groups excluding tert-OH is 1. The van der Waals surface area contributed by atoms with E-state index in [1.54, 1.807) is 6.07 Å². The van der Waals surface area contributed by atoms with Crippen LogP contribution in [-0.4, -0.2) is 5.11 Å². The second-order valence-corrected chi connectivity index (χ2v) is 3.95. The van der Waals surface area contributed by atoms with Gasteiger partial charge in [0.2, 0.25) is 0 Å². The van der Waals surface area contributed by atoms with E-state index in [0.29, 0.717) is 0 Å². The van der Waals surface area contributed by atoms with Crippen LogP contribution in [0.5, 0.6) is 0 Å². The van der Waals surface area contributed by atoms with E-state index in [4.69, 9.17) is 0 Å². The summed E-state index contributed by atoms with van der Waals surface area (Å²) in [6, 6.07) is 9.44. The SMILES string of the molecule is OC(Cc1ccccc1F)c1cccc(F)c1F. The monoisotopic (exact) mass is 252 g/mol. The second kappa shape index (κ2) is 5.23. The first kappa shape index (κ1) is 12.6. The van der Waals surface area contributed by atoms with Crippen molar-refractivity contribution in [3.8, 4) is 0 Å². The summed E-state index contributed by atoms with van der Waals surface area (Å²) < 4.78 is 39.8. The van der Waals surface area contributed by atoms with Crippen molar-refractivity contribution >= 4 is 0 Å². The van der Waals surface area contributed by atoms with Crippen LogP contribution in [0.15, 0.2) is 42.5 Å². The molecule has 1 N–H and O–H groups in total.